The van der Waals surface area contributed by atoms with Gasteiger partial charge in [0, 0.05) is 31.5 Å². The first-order chi connectivity index (χ1) is 9.20. The summed E-state index contributed by atoms with van der Waals surface area (Å²) in [6, 6.07) is 4.73. The molecule has 0 aromatic carbocycles. The van der Waals surface area contributed by atoms with E-state index in [4.69, 9.17) is 4.74 Å². The highest BCUT2D eigenvalue weighted by molar-refractivity contribution is 5.72. The number of ether oxygens (including phenoxy) is 1. The van der Waals surface area contributed by atoms with Crippen LogP contribution in [0, 0.1) is 5.92 Å². The third-order valence-electron chi connectivity index (χ3n) is 3.97. The third kappa shape index (κ3) is 3.83. The molecule has 0 saturated heterocycles. The lowest BCUT2D eigenvalue weighted by molar-refractivity contribution is -0.149. The minimum atomic E-state index is -0.0108. The Kier molecular flexibility index (Phi) is 5.02. The number of hydrogen-bond acceptors (Lipinski definition) is 3. The number of aromatic nitrogens is 1. The summed E-state index contributed by atoms with van der Waals surface area (Å²) in [5.74, 6) is 0.108. The van der Waals surface area contributed by atoms with E-state index in [0.29, 0.717) is 12.6 Å². The Morgan fingerprint density at radius 1 is 1.42 bits per heavy atom. The van der Waals surface area contributed by atoms with Gasteiger partial charge in [-0.2, -0.15) is 0 Å². The molecule has 106 valence electrons. The van der Waals surface area contributed by atoms with Crippen molar-refractivity contribution in [1.82, 2.24) is 9.88 Å². The molecule has 19 heavy (non-hydrogen) atoms. The largest absolute Gasteiger partial charge is 0.466 e. The predicted molar refractivity (Wildman–Crippen MR) is 74.6 cm³/mol. The van der Waals surface area contributed by atoms with Crippen LogP contribution in [0.1, 0.15) is 38.3 Å². The predicted octanol–water partition coefficient (Wildman–Crippen LogP) is 2.24. The van der Waals surface area contributed by atoms with Gasteiger partial charge in [0.1, 0.15) is 0 Å². The first kappa shape index (κ1) is 14.1. The van der Waals surface area contributed by atoms with E-state index < -0.39 is 0 Å². The van der Waals surface area contributed by atoms with Crippen molar-refractivity contribution in [2.45, 2.75) is 45.2 Å². The number of nitrogens with zero attached hydrogens (tertiary/aromatic N) is 1. The van der Waals surface area contributed by atoms with Gasteiger partial charge in [-0.15, -0.1) is 0 Å². The second-order valence-electron chi connectivity index (χ2n) is 5.29. The highest BCUT2D eigenvalue weighted by atomic mass is 16.5. The van der Waals surface area contributed by atoms with E-state index in [1.165, 1.54) is 5.69 Å². The number of rotatable bonds is 5. The summed E-state index contributed by atoms with van der Waals surface area (Å²) in [7, 11) is 2.06. The Labute approximate surface area is 115 Å². The van der Waals surface area contributed by atoms with Crippen LogP contribution in [-0.2, 0) is 23.1 Å². The summed E-state index contributed by atoms with van der Waals surface area (Å²) < 4.78 is 7.22. The summed E-state index contributed by atoms with van der Waals surface area (Å²) in [5.41, 5.74) is 1.30. The Bertz CT molecular complexity index is 406. The standard InChI is InChI=1S/C15H24N2O2/c1-3-19-15(18)12-6-8-13(9-7-12)16-11-14-5-4-10-17(14)2/h4-5,10,12-13,16H,3,6-9,11H2,1-2H3. The van der Waals surface area contributed by atoms with E-state index in [1.807, 2.05) is 6.92 Å². The molecule has 4 heteroatoms. The van der Waals surface area contributed by atoms with Gasteiger partial charge < -0.3 is 14.6 Å². The maximum absolute atomic E-state index is 11.6. The maximum Gasteiger partial charge on any atom is 0.308 e. The summed E-state index contributed by atoms with van der Waals surface area (Å²) in [6.07, 6.45) is 6.09. The average Bonchev–Trinajstić information content (AvgIpc) is 2.83. The van der Waals surface area contributed by atoms with Gasteiger partial charge in [-0.05, 0) is 44.7 Å². The molecular formula is C15H24N2O2. The van der Waals surface area contributed by atoms with Crippen LogP contribution in [-0.4, -0.2) is 23.2 Å². The molecule has 0 amide bonds. The molecule has 4 nitrogen and oxygen atoms in total. The zero-order valence-electron chi connectivity index (χ0n) is 11.9. The van der Waals surface area contributed by atoms with E-state index >= 15 is 0 Å². The summed E-state index contributed by atoms with van der Waals surface area (Å²) in [6.45, 7) is 3.26. The molecule has 1 N–H and O–H groups in total. The zero-order chi connectivity index (χ0) is 13.7. The quantitative estimate of drug-likeness (QED) is 0.829. The Balaban J connectivity index is 1.72. The molecule has 1 heterocycles. The lowest BCUT2D eigenvalue weighted by Gasteiger charge is -2.28. The van der Waals surface area contributed by atoms with Crippen LogP contribution in [0.4, 0.5) is 0 Å². The van der Waals surface area contributed by atoms with Crippen molar-refractivity contribution >= 4 is 5.97 Å². The molecule has 0 aliphatic heterocycles. The molecule has 0 spiro atoms. The number of carbonyl (C=O) groups excluding carboxylic acids is 1. The normalized spacial score (nSPS) is 23.3. The summed E-state index contributed by atoms with van der Waals surface area (Å²) in [4.78, 5) is 11.6. The third-order valence-corrected chi connectivity index (χ3v) is 3.97. The molecule has 0 unspecified atom stereocenters. The van der Waals surface area contributed by atoms with Gasteiger partial charge in [0.2, 0.25) is 0 Å². The van der Waals surface area contributed by atoms with Crippen LogP contribution in [0.2, 0.25) is 0 Å². The number of nitrogens with one attached hydrogen (secondary N) is 1. The molecule has 1 fully saturated rings. The van der Waals surface area contributed by atoms with Crippen molar-refractivity contribution in [1.29, 1.82) is 0 Å². The maximum atomic E-state index is 11.6. The van der Waals surface area contributed by atoms with Gasteiger partial charge in [0.25, 0.3) is 0 Å². The summed E-state index contributed by atoms with van der Waals surface area (Å²) >= 11 is 0. The smallest absolute Gasteiger partial charge is 0.308 e. The molecule has 1 aromatic rings. The fraction of sp³-hybridized carbons (Fsp3) is 0.667. The second kappa shape index (κ2) is 6.75. The highest BCUT2D eigenvalue weighted by Crippen LogP contribution is 2.25. The molecule has 1 aromatic heterocycles. The zero-order valence-corrected chi connectivity index (χ0v) is 11.9. The molecule has 1 aliphatic carbocycles. The minimum Gasteiger partial charge on any atom is -0.466 e. The van der Waals surface area contributed by atoms with Crippen molar-refractivity contribution in [3.63, 3.8) is 0 Å². The lowest BCUT2D eigenvalue weighted by atomic mass is 9.86. The molecule has 0 atom stereocenters. The Hall–Kier alpha value is -1.29. The van der Waals surface area contributed by atoms with Crippen LogP contribution in [0.5, 0.6) is 0 Å². The highest BCUT2D eigenvalue weighted by Gasteiger charge is 2.26. The van der Waals surface area contributed by atoms with Crippen LogP contribution in [0.15, 0.2) is 18.3 Å². The molecule has 0 bridgehead atoms. The molecular weight excluding hydrogens is 240 g/mol. The van der Waals surface area contributed by atoms with Crippen molar-refractivity contribution < 1.29 is 9.53 Å². The van der Waals surface area contributed by atoms with E-state index in [2.05, 4.69) is 35.3 Å². The van der Waals surface area contributed by atoms with Crippen molar-refractivity contribution in [3.05, 3.63) is 24.0 Å². The van der Waals surface area contributed by atoms with E-state index in [1.54, 1.807) is 0 Å². The topological polar surface area (TPSA) is 43.3 Å². The van der Waals surface area contributed by atoms with E-state index in [0.717, 1.165) is 32.2 Å². The van der Waals surface area contributed by atoms with Gasteiger partial charge in [-0.25, -0.2) is 0 Å². The monoisotopic (exact) mass is 264 g/mol. The van der Waals surface area contributed by atoms with Gasteiger partial charge in [0.05, 0.1) is 12.5 Å². The Morgan fingerprint density at radius 2 is 2.16 bits per heavy atom. The number of aryl methyl sites for hydroxylation is 1. The van der Waals surface area contributed by atoms with Crippen LogP contribution in [0.3, 0.4) is 0 Å². The summed E-state index contributed by atoms with van der Waals surface area (Å²) in [5, 5.41) is 3.58. The van der Waals surface area contributed by atoms with Crippen LogP contribution in [0.25, 0.3) is 0 Å². The molecule has 1 aliphatic rings. The number of hydrogen-bond donors (Lipinski definition) is 1. The van der Waals surface area contributed by atoms with Crippen molar-refractivity contribution in [3.8, 4) is 0 Å². The first-order valence-corrected chi connectivity index (χ1v) is 7.21. The second-order valence-corrected chi connectivity index (χ2v) is 5.29. The van der Waals surface area contributed by atoms with E-state index in [9.17, 15) is 4.79 Å². The fourth-order valence-electron chi connectivity index (χ4n) is 2.72. The number of esters is 1. The van der Waals surface area contributed by atoms with Crippen molar-refractivity contribution in [2.75, 3.05) is 6.61 Å². The van der Waals surface area contributed by atoms with Crippen LogP contribution < -0.4 is 5.32 Å². The first-order valence-electron chi connectivity index (χ1n) is 7.21. The minimum absolute atomic E-state index is 0.0108. The SMILES string of the molecule is CCOC(=O)C1CCC(NCc2cccn2C)CC1. The van der Waals surface area contributed by atoms with Crippen LogP contribution >= 0.6 is 0 Å². The molecule has 0 radical (unpaired) electrons. The lowest BCUT2D eigenvalue weighted by Crippen LogP contribution is -2.35. The van der Waals surface area contributed by atoms with E-state index in [-0.39, 0.29) is 11.9 Å². The molecule has 1 saturated carbocycles. The Morgan fingerprint density at radius 3 is 2.74 bits per heavy atom. The average molecular weight is 264 g/mol. The number of carbonyl (C=O) groups is 1. The molecule has 2 rings (SSSR count). The van der Waals surface area contributed by atoms with Gasteiger partial charge in [-0.3, -0.25) is 4.79 Å². The van der Waals surface area contributed by atoms with Gasteiger partial charge in [-0.1, -0.05) is 0 Å². The van der Waals surface area contributed by atoms with Gasteiger partial charge in [0.15, 0.2) is 0 Å². The fourth-order valence-corrected chi connectivity index (χ4v) is 2.72. The van der Waals surface area contributed by atoms with Crippen molar-refractivity contribution in [2.24, 2.45) is 13.0 Å². The van der Waals surface area contributed by atoms with Gasteiger partial charge >= 0.3 is 5.97 Å².